The van der Waals surface area contributed by atoms with E-state index in [1.54, 1.807) is 36.4 Å². The number of sulfonamides is 1. The van der Waals surface area contributed by atoms with Gasteiger partial charge in [0.05, 0.1) is 16.4 Å². The first-order valence-corrected chi connectivity index (χ1v) is 9.92. The van der Waals surface area contributed by atoms with Crippen LogP contribution in [0, 0.1) is 0 Å². The summed E-state index contributed by atoms with van der Waals surface area (Å²) in [4.78, 5) is 24.3. The van der Waals surface area contributed by atoms with Gasteiger partial charge in [-0.05, 0) is 24.3 Å². The Balaban J connectivity index is 1.65. The summed E-state index contributed by atoms with van der Waals surface area (Å²) in [5, 5.41) is 0. The first-order chi connectivity index (χ1) is 11.9. The van der Waals surface area contributed by atoms with Crippen molar-refractivity contribution in [2.75, 3.05) is 12.5 Å². The minimum Gasteiger partial charge on any atom is -0.442 e. The summed E-state index contributed by atoms with van der Waals surface area (Å²) in [6.07, 6.45) is 0. The average molecular weight is 379 g/mol. The molecule has 1 unspecified atom stereocenters. The molecule has 0 N–H and O–H groups in total. The summed E-state index contributed by atoms with van der Waals surface area (Å²) in [6.45, 7) is -0.749. The molecule has 0 spiro atoms. The Morgan fingerprint density at radius 1 is 1.04 bits per heavy atom. The number of esters is 1. The SMILES string of the molecule is O=C(CS(=O)c1ccccc1)OCN1C(=O)c2ccccc2S1(=O)=O. The van der Waals surface area contributed by atoms with Crippen LogP contribution in [-0.4, -0.2) is 41.3 Å². The summed E-state index contributed by atoms with van der Waals surface area (Å²) < 4.78 is 42.0. The molecule has 0 fully saturated rings. The minimum atomic E-state index is -4.04. The van der Waals surface area contributed by atoms with E-state index in [0.717, 1.165) is 0 Å². The fraction of sp³-hybridized carbons (Fsp3) is 0.125. The van der Waals surface area contributed by atoms with Gasteiger partial charge in [0.1, 0.15) is 10.6 Å². The maximum Gasteiger partial charge on any atom is 0.320 e. The van der Waals surface area contributed by atoms with Crippen LogP contribution in [0.4, 0.5) is 0 Å². The molecule has 2 aromatic rings. The molecule has 1 amide bonds. The number of hydrogen-bond acceptors (Lipinski definition) is 6. The molecule has 1 aliphatic rings. The van der Waals surface area contributed by atoms with E-state index >= 15 is 0 Å². The molecule has 130 valence electrons. The lowest BCUT2D eigenvalue weighted by Crippen LogP contribution is -2.34. The van der Waals surface area contributed by atoms with Crippen LogP contribution < -0.4 is 0 Å². The predicted molar refractivity (Wildman–Crippen MR) is 88.5 cm³/mol. The fourth-order valence-electron chi connectivity index (χ4n) is 2.29. The highest BCUT2D eigenvalue weighted by molar-refractivity contribution is 7.90. The first-order valence-electron chi connectivity index (χ1n) is 7.16. The van der Waals surface area contributed by atoms with E-state index in [-0.39, 0.29) is 10.5 Å². The van der Waals surface area contributed by atoms with Gasteiger partial charge in [-0.2, -0.15) is 4.31 Å². The van der Waals surface area contributed by atoms with Crippen molar-refractivity contribution in [3.8, 4) is 0 Å². The van der Waals surface area contributed by atoms with Gasteiger partial charge in [0.25, 0.3) is 15.9 Å². The topological polar surface area (TPSA) is 97.8 Å². The largest absolute Gasteiger partial charge is 0.442 e. The Morgan fingerprint density at radius 3 is 2.36 bits per heavy atom. The monoisotopic (exact) mass is 379 g/mol. The van der Waals surface area contributed by atoms with Crippen LogP contribution in [0.25, 0.3) is 0 Å². The van der Waals surface area contributed by atoms with Crippen molar-refractivity contribution in [3.63, 3.8) is 0 Å². The Kier molecular flexibility index (Phi) is 4.69. The zero-order chi connectivity index (χ0) is 18.0. The van der Waals surface area contributed by atoms with Crippen LogP contribution in [0.5, 0.6) is 0 Å². The normalized spacial score (nSPS) is 16.3. The molecule has 25 heavy (non-hydrogen) atoms. The van der Waals surface area contributed by atoms with Crippen molar-refractivity contribution in [2.24, 2.45) is 0 Å². The first kappa shape index (κ1) is 17.3. The molecule has 3 rings (SSSR count). The van der Waals surface area contributed by atoms with Gasteiger partial charge in [-0.15, -0.1) is 0 Å². The third-order valence-corrected chi connectivity index (χ3v) is 6.57. The molecule has 1 aliphatic heterocycles. The molecule has 1 heterocycles. The summed E-state index contributed by atoms with van der Waals surface area (Å²) in [7, 11) is -5.65. The highest BCUT2D eigenvalue weighted by atomic mass is 32.2. The van der Waals surface area contributed by atoms with E-state index in [4.69, 9.17) is 4.74 Å². The van der Waals surface area contributed by atoms with Gasteiger partial charge < -0.3 is 4.74 Å². The van der Waals surface area contributed by atoms with Gasteiger partial charge in [0.15, 0.2) is 6.73 Å². The lowest BCUT2D eigenvalue weighted by molar-refractivity contribution is -0.142. The number of carbonyl (C=O) groups is 2. The van der Waals surface area contributed by atoms with Gasteiger partial charge in [-0.1, -0.05) is 30.3 Å². The van der Waals surface area contributed by atoms with Gasteiger partial charge in [-0.25, -0.2) is 8.42 Å². The molecule has 2 aromatic carbocycles. The number of carbonyl (C=O) groups excluding carboxylic acids is 2. The van der Waals surface area contributed by atoms with Crippen LogP contribution in [-0.2, 0) is 30.4 Å². The third-order valence-electron chi connectivity index (χ3n) is 3.51. The van der Waals surface area contributed by atoms with Crippen molar-refractivity contribution in [1.82, 2.24) is 4.31 Å². The third kappa shape index (κ3) is 3.33. The maximum absolute atomic E-state index is 12.3. The van der Waals surface area contributed by atoms with E-state index in [1.165, 1.54) is 18.2 Å². The Morgan fingerprint density at radius 2 is 1.68 bits per heavy atom. The molecule has 9 heteroatoms. The highest BCUT2D eigenvalue weighted by Gasteiger charge is 2.41. The zero-order valence-corrected chi connectivity index (χ0v) is 14.5. The van der Waals surface area contributed by atoms with Crippen molar-refractivity contribution in [2.45, 2.75) is 9.79 Å². The van der Waals surface area contributed by atoms with Gasteiger partial charge in [0.2, 0.25) is 0 Å². The number of hydrogen-bond donors (Lipinski definition) is 0. The van der Waals surface area contributed by atoms with E-state index < -0.39 is 45.2 Å². The van der Waals surface area contributed by atoms with Crippen LogP contribution in [0.15, 0.2) is 64.4 Å². The lowest BCUT2D eigenvalue weighted by atomic mass is 10.2. The zero-order valence-electron chi connectivity index (χ0n) is 12.8. The van der Waals surface area contributed by atoms with Crippen LogP contribution in [0.2, 0.25) is 0 Å². The van der Waals surface area contributed by atoms with Crippen molar-refractivity contribution in [1.29, 1.82) is 0 Å². The Hall–Kier alpha value is -2.52. The van der Waals surface area contributed by atoms with Gasteiger partial charge in [-0.3, -0.25) is 13.8 Å². The number of rotatable bonds is 5. The minimum absolute atomic E-state index is 0.0337. The predicted octanol–water partition coefficient (Wildman–Crippen LogP) is 1.14. The van der Waals surface area contributed by atoms with Gasteiger partial charge >= 0.3 is 5.97 Å². The Bertz CT molecular complexity index is 956. The molecular formula is C16H13NO6S2. The molecule has 1 atom stereocenters. The second-order valence-corrected chi connectivity index (χ2v) is 8.39. The molecule has 7 nitrogen and oxygen atoms in total. The summed E-state index contributed by atoms with van der Waals surface area (Å²) in [5.41, 5.74) is 0.0337. The summed E-state index contributed by atoms with van der Waals surface area (Å²) in [6, 6.07) is 14.1. The number of fused-ring (bicyclic) bond motifs is 1. The van der Waals surface area contributed by atoms with Crippen molar-refractivity contribution < 1.29 is 27.0 Å². The smallest absolute Gasteiger partial charge is 0.320 e. The van der Waals surface area contributed by atoms with Crippen molar-refractivity contribution in [3.05, 3.63) is 60.2 Å². The number of ether oxygens (including phenoxy) is 1. The number of amides is 1. The van der Waals surface area contributed by atoms with E-state index in [9.17, 15) is 22.2 Å². The standard InChI is InChI=1S/C16H13NO6S2/c18-15(10-24(20)12-6-2-1-3-7-12)23-11-17-16(19)13-8-4-5-9-14(13)25(17,21)22/h1-9H,10-11H2. The van der Waals surface area contributed by atoms with E-state index in [1.807, 2.05) is 0 Å². The number of benzene rings is 2. The molecule has 0 radical (unpaired) electrons. The van der Waals surface area contributed by atoms with Gasteiger partial charge in [0, 0.05) is 4.90 Å². The summed E-state index contributed by atoms with van der Waals surface area (Å²) in [5.74, 6) is -2.05. The van der Waals surface area contributed by atoms with Crippen LogP contribution in [0.1, 0.15) is 10.4 Å². The van der Waals surface area contributed by atoms with E-state index in [0.29, 0.717) is 9.20 Å². The molecular weight excluding hydrogens is 366 g/mol. The van der Waals surface area contributed by atoms with Crippen LogP contribution >= 0.6 is 0 Å². The molecule has 0 saturated carbocycles. The number of nitrogens with zero attached hydrogens (tertiary/aromatic N) is 1. The molecule has 0 aliphatic carbocycles. The van der Waals surface area contributed by atoms with Crippen molar-refractivity contribution >= 4 is 32.7 Å². The maximum atomic E-state index is 12.3. The average Bonchev–Trinajstić information content (AvgIpc) is 2.80. The molecule has 0 saturated heterocycles. The quantitative estimate of drug-likeness (QED) is 0.723. The lowest BCUT2D eigenvalue weighted by Gasteiger charge is -2.14. The Labute approximate surface area is 146 Å². The second kappa shape index (κ2) is 6.77. The molecule has 0 aromatic heterocycles. The van der Waals surface area contributed by atoms with Crippen LogP contribution in [0.3, 0.4) is 0 Å². The second-order valence-electron chi connectivity index (χ2n) is 5.10. The highest BCUT2D eigenvalue weighted by Crippen LogP contribution is 2.29. The molecule has 0 bridgehead atoms. The summed E-state index contributed by atoms with van der Waals surface area (Å²) >= 11 is 0. The fourth-order valence-corrected chi connectivity index (χ4v) is 4.65. The van der Waals surface area contributed by atoms with E-state index in [2.05, 4.69) is 0 Å².